The molecule has 3 atom stereocenters. The van der Waals surface area contributed by atoms with Gasteiger partial charge in [0.05, 0.1) is 19.8 Å². The van der Waals surface area contributed by atoms with E-state index in [1.165, 1.54) is 44.9 Å². The van der Waals surface area contributed by atoms with Crippen molar-refractivity contribution in [3.05, 3.63) is 0 Å². The normalized spacial score (nSPS) is 14.8. The number of hydrogen-bond donors (Lipinski definition) is 3. The maximum absolute atomic E-state index is 12.2. The molecule has 10 nitrogen and oxygen atoms in total. The van der Waals surface area contributed by atoms with E-state index in [9.17, 15) is 24.2 Å². The van der Waals surface area contributed by atoms with Crippen molar-refractivity contribution in [2.75, 3.05) is 26.4 Å². The highest BCUT2D eigenvalue weighted by Gasteiger charge is 2.27. The summed E-state index contributed by atoms with van der Waals surface area (Å²) in [6.45, 7) is 1.92. The third kappa shape index (κ3) is 21.9. The average Bonchev–Trinajstić information content (AvgIpc) is 2.83. The summed E-state index contributed by atoms with van der Waals surface area (Å²) >= 11 is 0. The molecule has 0 amide bonds. The van der Waals surface area contributed by atoms with Crippen LogP contribution < -0.4 is 0 Å². The zero-order valence-electron chi connectivity index (χ0n) is 21.5. The number of rotatable bonds is 24. The Morgan fingerprint density at radius 2 is 1.29 bits per heavy atom. The summed E-state index contributed by atoms with van der Waals surface area (Å²) in [5.41, 5.74) is 0. The second kappa shape index (κ2) is 22.2. The van der Waals surface area contributed by atoms with Gasteiger partial charge in [-0.3, -0.25) is 18.6 Å². The molecule has 0 aromatic heterocycles. The van der Waals surface area contributed by atoms with Crippen LogP contribution in [0.3, 0.4) is 0 Å². The van der Waals surface area contributed by atoms with Gasteiger partial charge >= 0.3 is 19.8 Å². The van der Waals surface area contributed by atoms with E-state index < -0.39 is 51.8 Å². The molecule has 0 radical (unpaired) electrons. The second-order valence-electron chi connectivity index (χ2n) is 8.73. The number of ether oxygens (including phenoxy) is 2. The van der Waals surface area contributed by atoms with E-state index in [1.54, 1.807) is 0 Å². The summed E-state index contributed by atoms with van der Waals surface area (Å²) < 4.78 is 31.7. The summed E-state index contributed by atoms with van der Waals surface area (Å²) in [5.74, 6) is -0.987. The molecule has 0 aliphatic rings. The molecule has 3 N–H and O–H groups in total. The van der Waals surface area contributed by atoms with Gasteiger partial charge in [0.1, 0.15) is 12.7 Å². The van der Waals surface area contributed by atoms with Crippen molar-refractivity contribution in [1.82, 2.24) is 0 Å². The number of carbonyl (C=O) groups excluding carboxylic acids is 2. The highest BCUT2D eigenvalue weighted by molar-refractivity contribution is 7.47. The lowest BCUT2D eigenvalue weighted by atomic mass is 10.1. The van der Waals surface area contributed by atoms with Gasteiger partial charge in [0.2, 0.25) is 0 Å². The lowest BCUT2D eigenvalue weighted by molar-refractivity contribution is -0.161. The van der Waals surface area contributed by atoms with Crippen LogP contribution in [0.1, 0.15) is 104 Å². The predicted octanol–water partition coefficient (Wildman–Crippen LogP) is 4.43. The third-order valence-corrected chi connectivity index (χ3v) is 6.18. The lowest BCUT2D eigenvalue weighted by Gasteiger charge is -2.20. The zero-order chi connectivity index (χ0) is 26.4. The Kier molecular flexibility index (Phi) is 21.5. The molecule has 0 aromatic rings. The topological polar surface area (TPSA) is 149 Å². The number of aliphatic hydroxyl groups is 2. The zero-order valence-corrected chi connectivity index (χ0v) is 22.4. The first-order valence-corrected chi connectivity index (χ1v) is 14.5. The number of aliphatic hydroxyl groups excluding tert-OH is 2. The van der Waals surface area contributed by atoms with Crippen LogP contribution in [0, 0.1) is 0 Å². The molecule has 0 heterocycles. The van der Waals surface area contributed by atoms with E-state index in [0.717, 1.165) is 19.3 Å². The van der Waals surface area contributed by atoms with E-state index >= 15 is 0 Å². The Labute approximate surface area is 210 Å². The number of phosphoric ester groups is 1. The number of unbranched alkanes of at least 4 members (excludes halogenated alkanes) is 10. The summed E-state index contributed by atoms with van der Waals surface area (Å²) in [6.07, 6.45) is 11.3. The Morgan fingerprint density at radius 3 is 1.83 bits per heavy atom. The van der Waals surface area contributed by atoms with Gasteiger partial charge in [-0.15, -0.1) is 0 Å². The second-order valence-corrected chi connectivity index (χ2v) is 10.2. The van der Waals surface area contributed by atoms with Crippen molar-refractivity contribution in [1.29, 1.82) is 0 Å². The van der Waals surface area contributed by atoms with Gasteiger partial charge in [-0.05, 0) is 12.8 Å². The Morgan fingerprint density at radius 1 is 0.743 bits per heavy atom. The molecule has 0 fully saturated rings. The minimum Gasteiger partial charge on any atom is -0.462 e. The van der Waals surface area contributed by atoms with Gasteiger partial charge in [0.25, 0.3) is 0 Å². The molecule has 0 bridgehead atoms. The molecule has 208 valence electrons. The SMILES string of the molecule is CCCCCCCCCCCCCC(=O)OC(COC(=O)CCC)COP(=O)(O)OCC(O)CO. The van der Waals surface area contributed by atoms with Crippen molar-refractivity contribution in [2.24, 2.45) is 0 Å². The standard InChI is InChI=1S/C24H47O10P/c1-3-5-6-7-8-9-10-11-12-13-14-16-24(28)34-22(19-31-23(27)15-4-2)20-33-35(29,30)32-18-21(26)17-25/h21-22,25-26H,3-20H2,1-2H3,(H,29,30). The van der Waals surface area contributed by atoms with E-state index in [1.807, 2.05) is 6.92 Å². The third-order valence-electron chi connectivity index (χ3n) is 5.23. The van der Waals surface area contributed by atoms with Crippen LogP contribution >= 0.6 is 7.82 Å². The van der Waals surface area contributed by atoms with E-state index in [-0.39, 0.29) is 19.4 Å². The van der Waals surface area contributed by atoms with Crippen molar-refractivity contribution in [3.8, 4) is 0 Å². The van der Waals surface area contributed by atoms with Gasteiger partial charge in [-0.1, -0.05) is 78.1 Å². The van der Waals surface area contributed by atoms with E-state index in [4.69, 9.17) is 19.1 Å². The Balaban J connectivity index is 4.30. The monoisotopic (exact) mass is 526 g/mol. The molecule has 0 aromatic carbocycles. The van der Waals surface area contributed by atoms with Crippen LogP contribution in [0.25, 0.3) is 0 Å². The van der Waals surface area contributed by atoms with Crippen molar-refractivity contribution < 1.29 is 47.8 Å². The van der Waals surface area contributed by atoms with Gasteiger partial charge in [-0.25, -0.2) is 4.57 Å². The van der Waals surface area contributed by atoms with E-state index in [0.29, 0.717) is 12.8 Å². The van der Waals surface area contributed by atoms with Crippen LogP contribution in [-0.2, 0) is 32.7 Å². The van der Waals surface area contributed by atoms with Crippen LogP contribution in [0.5, 0.6) is 0 Å². The van der Waals surface area contributed by atoms with Gasteiger partial charge in [-0.2, -0.15) is 0 Å². The number of hydrogen-bond acceptors (Lipinski definition) is 9. The first-order valence-electron chi connectivity index (χ1n) is 13.0. The maximum atomic E-state index is 12.2. The minimum absolute atomic E-state index is 0.187. The first kappa shape index (κ1) is 34.0. The molecule has 11 heteroatoms. The minimum atomic E-state index is -4.57. The Hall–Kier alpha value is -1.03. The molecular weight excluding hydrogens is 479 g/mol. The van der Waals surface area contributed by atoms with Crippen LogP contribution in [0.15, 0.2) is 0 Å². The maximum Gasteiger partial charge on any atom is 0.472 e. The molecule has 0 saturated heterocycles. The van der Waals surface area contributed by atoms with Gasteiger partial charge in [0, 0.05) is 12.8 Å². The largest absolute Gasteiger partial charge is 0.472 e. The van der Waals surface area contributed by atoms with Crippen LogP contribution in [-0.4, -0.2) is 65.7 Å². The van der Waals surface area contributed by atoms with Crippen molar-refractivity contribution in [2.45, 2.75) is 116 Å². The first-order chi connectivity index (χ1) is 16.7. The molecular formula is C24H47O10P. The van der Waals surface area contributed by atoms with Gasteiger partial charge in [0.15, 0.2) is 6.10 Å². The summed E-state index contributed by atoms with van der Waals surface area (Å²) in [4.78, 5) is 33.6. The average molecular weight is 527 g/mol. The quantitative estimate of drug-likeness (QED) is 0.0936. The molecule has 3 unspecified atom stereocenters. The molecule has 0 aliphatic carbocycles. The van der Waals surface area contributed by atoms with Gasteiger partial charge < -0.3 is 24.6 Å². The predicted molar refractivity (Wildman–Crippen MR) is 132 cm³/mol. The lowest BCUT2D eigenvalue weighted by Crippen LogP contribution is -2.29. The van der Waals surface area contributed by atoms with E-state index in [2.05, 4.69) is 11.4 Å². The smallest absolute Gasteiger partial charge is 0.462 e. The fourth-order valence-corrected chi connectivity index (χ4v) is 3.99. The molecule has 35 heavy (non-hydrogen) atoms. The highest BCUT2D eigenvalue weighted by atomic mass is 31.2. The fraction of sp³-hybridized carbons (Fsp3) is 0.917. The van der Waals surface area contributed by atoms with Crippen molar-refractivity contribution in [3.63, 3.8) is 0 Å². The molecule has 0 saturated carbocycles. The van der Waals surface area contributed by atoms with Crippen LogP contribution in [0.4, 0.5) is 0 Å². The number of esters is 2. The number of carbonyl (C=O) groups is 2. The number of phosphoric acid groups is 1. The summed E-state index contributed by atoms with van der Waals surface area (Å²) in [6, 6.07) is 0. The van der Waals surface area contributed by atoms with Crippen molar-refractivity contribution >= 4 is 19.8 Å². The van der Waals surface area contributed by atoms with Crippen LogP contribution in [0.2, 0.25) is 0 Å². The summed E-state index contributed by atoms with van der Waals surface area (Å²) in [7, 11) is -4.57. The highest BCUT2D eigenvalue weighted by Crippen LogP contribution is 2.43. The molecule has 0 aliphatic heterocycles. The molecule has 0 rings (SSSR count). The fourth-order valence-electron chi connectivity index (χ4n) is 3.20. The molecule has 0 spiro atoms. The Bertz CT molecular complexity index is 587. The summed E-state index contributed by atoms with van der Waals surface area (Å²) in [5, 5.41) is 18.0.